The van der Waals surface area contributed by atoms with Crippen LogP contribution in [0.25, 0.3) is 0 Å². The standard InChI is InChI=1S/C16H24O3/c1-4-6-14(17)11-15(5-2)19-12-13-7-9-16(18-3)10-8-13/h5,7-10,14-15,17H,2,4,6,11-12H2,1,3H3/t14-,15-/m0/s1. The topological polar surface area (TPSA) is 38.7 Å². The number of rotatable bonds is 9. The normalized spacial score (nSPS) is 13.8. The fourth-order valence-corrected chi connectivity index (χ4v) is 1.88. The van der Waals surface area contributed by atoms with Crippen LogP contribution in [-0.4, -0.2) is 24.4 Å². The first-order chi connectivity index (χ1) is 9.19. The second kappa shape index (κ2) is 8.73. The summed E-state index contributed by atoms with van der Waals surface area (Å²) in [5, 5.41) is 9.77. The number of aliphatic hydroxyl groups excluding tert-OH is 1. The van der Waals surface area contributed by atoms with E-state index >= 15 is 0 Å². The zero-order valence-corrected chi connectivity index (χ0v) is 11.8. The van der Waals surface area contributed by atoms with Gasteiger partial charge in [-0.05, 0) is 24.1 Å². The first kappa shape index (κ1) is 15.7. The van der Waals surface area contributed by atoms with Crippen molar-refractivity contribution in [1.29, 1.82) is 0 Å². The minimum Gasteiger partial charge on any atom is -0.497 e. The molecule has 0 aliphatic rings. The van der Waals surface area contributed by atoms with Crippen molar-refractivity contribution in [3.8, 4) is 5.75 Å². The van der Waals surface area contributed by atoms with E-state index < -0.39 is 0 Å². The summed E-state index contributed by atoms with van der Waals surface area (Å²) < 4.78 is 10.9. The quantitative estimate of drug-likeness (QED) is 0.695. The van der Waals surface area contributed by atoms with Gasteiger partial charge in [-0.15, -0.1) is 6.58 Å². The van der Waals surface area contributed by atoms with E-state index in [4.69, 9.17) is 9.47 Å². The number of benzene rings is 1. The van der Waals surface area contributed by atoms with Crippen molar-refractivity contribution in [2.24, 2.45) is 0 Å². The van der Waals surface area contributed by atoms with Gasteiger partial charge in [0.25, 0.3) is 0 Å². The van der Waals surface area contributed by atoms with Gasteiger partial charge in [-0.1, -0.05) is 31.6 Å². The minimum absolute atomic E-state index is 0.108. The van der Waals surface area contributed by atoms with Crippen molar-refractivity contribution in [3.63, 3.8) is 0 Å². The van der Waals surface area contributed by atoms with Crippen LogP contribution in [0.2, 0.25) is 0 Å². The van der Waals surface area contributed by atoms with E-state index in [1.165, 1.54) is 0 Å². The van der Waals surface area contributed by atoms with E-state index in [1.54, 1.807) is 13.2 Å². The molecule has 1 aromatic carbocycles. The van der Waals surface area contributed by atoms with Crippen LogP contribution in [0, 0.1) is 0 Å². The Bertz CT molecular complexity index is 359. The summed E-state index contributed by atoms with van der Waals surface area (Å²) in [6, 6.07) is 7.77. The van der Waals surface area contributed by atoms with Crippen LogP contribution in [0.3, 0.4) is 0 Å². The van der Waals surface area contributed by atoms with Gasteiger partial charge in [0.2, 0.25) is 0 Å². The third kappa shape index (κ3) is 5.90. The molecule has 0 saturated heterocycles. The Labute approximate surface area is 115 Å². The van der Waals surface area contributed by atoms with Gasteiger partial charge in [0.1, 0.15) is 5.75 Å². The summed E-state index contributed by atoms with van der Waals surface area (Å²) >= 11 is 0. The number of methoxy groups -OCH3 is 1. The molecule has 0 aliphatic heterocycles. The van der Waals surface area contributed by atoms with Crippen molar-refractivity contribution in [2.45, 2.75) is 45.0 Å². The monoisotopic (exact) mass is 264 g/mol. The van der Waals surface area contributed by atoms with E-state index in [0.29, 0.717) is 13.0 Å². The maximum Gasteiger partial charge on any atom is 0.118 e. The lowest BCUT2D eigenvalue weighted by Crippen LogP contribution is -2.18. The van der Waals surface area contributed by atoms with Crippen LogP contribution in [0.15, 0.2) is 36.9 Å². The fraction of sp³-hybridized carbons (Fsp3) is 0.500. The van der Waals surface area contributed by atoms with Crippen molar-refractivity contribution in [3.05, 3.63) is 42.5 Å². The van der Waals surface area contributed by atoms with Gasteiger partial charge in [0.15, 0.2) is 0 Å². The summed E-state index contributed by atoms with van der Waals surface area (Å²) in [7, 11) is 1.65. The molecule has 0 bridgehead atoms. The van der Waals surface area contributed by atoms with E-state index in [2.05, 4.69) is 13.5 Å². The molecule has 1 aromatic rings. The Morgan fingerprint density at radius 3 is 2.53 bits per heavy atom. The van der Waals surface area contributed by atoms with Gasteiger partial charge in [0, 0.05) is 6.42 Å². The molecule has 3 heteroatoms. The summed E-state index contributed by atoms with van der Waals surface area (Å²) in [5.41, 5.74) is 1.08. The molecule has 2 atom stereocenters. The summed E-state index contributed by atoms with van der Waals surface area (Å²) in [6.07, 6.45) is 3.71. The number of hydrogen-bond acceptors (Lipinski definition) is 3. The van der Waals surface area contributed by atoms with Gasteiger partial charge in [-0.3, -0.25) is 0 Å². The predicted molar refractivity (Wildman–Crippen MR) is 77.3 cm³/mol. The van der Waals surface area contributed by atoms with Crippen molar-refractivity contribution in [2.75, 3.05) is 7.11 Å². The summed E-state index contributed by atoms with van der Waals surface area (Å²) in [5.74, 6) is 0.836. The lowest BCUT2D eigenvalue weighted by Gasteiger charge is -2.17. The molecule has 1 N–H and O–H groups in total. The summed E-state index contributed by atoms with van der Waals surface area (Å²) in [6.45, 7) is 6.33. The third-order valence-electron chi connectivity index (χ3n) is 3.01. The lowest BCUT2D eigenvalue weighted by atomic mass is 10.1. The largest absolute Gasteiger partial charge is 0.497 e. The van der Waals surface area contributed by atoms with Crippen LogP contribution < -0.4 is 4.74 Å². The van der Waals surface area contributed by atoms with Crippen LogP contribution in [0.1, 0.15) is 31.7 Å². The Hall–Kier alpha value is -1.32. The Balaban J connectivity index is 2.41. The molecule has 0 aromatic heterocycles. The maximum atomic E-state index is 9.77. The lowest BCUT2D eigenvalue weighted by molar-refractivity contribution is 0.0286. The number of ether oxygens (including phenoxy) is 2. The predicted octanol–water partition coefficient (Wildman–Crippen LogP) is 3.32. The van der Waals surface area contributed by atoms with E-state index in [-0.39, 0.29) is 12.2 Å². The summed E-state index contributed by atoms with van der Waals surface area (Å²) in [4.78, 5) is 0. The molecule has 0 fully saturated rings. The van der Waals surface area contributed by atoms with Crippen LogP contribution in [0.4, 0.5) is 0 Å². The molecular weight excluding hydrogens is 240 g/mol. The Morgan fingerprint density at radius 2 is 2.00 bits per heavy atom. The second-order valence-corrected chi connectivity index (χ2v) is 4.61. The molecule has 0 aliphatic carbocycles. The highest BCUT2D eigenvalue weighted by Gasteiger charge is 2.11. The average molecular weight is 264 g/mol. The molecule has 0 spiro atoms. The molecule has 3 nitrogen and oxygen atoms in total. The van der Waals surface area contributed by atoms with Gasteiger partial charge >= 0.3 is 0 Å². The zero-order chi connectivity index (χ0) is 14.1. The fourth-order valence-electron chi connectivity index (χ4n) is 1.88. The van der Waals surface area contributed by atoms with Crippen molar-refractivity contribution in [1.82, 2.24) is 0 Å². The molecule has 0 radical (unpaired) electrons. The van der Waals surface area contributed by atoms with Crippen LogP contribution in [0.5, 0.6) is 5.75 Å². The highest BCUT2D eigenvalue weighted by molar-refractivity contribution is 5.26. The number of hydrogen-bond donors (Lipinski definition) is 1. The Morgan fingerprint density at radius 1 is 1.32 bits per heavy atom. The van der Waals surface area contributed by atoms with E-state index in [1.807, 2.05) is 24.3 Å². The molecule has 0 saturated carbocycles. The molecule has 0 heterocycles. The molecule has 1 rings (SSSR count). The van der Waals surface area contributed by atoms with Gasteiger partial charge in [-0.2, -0.15) is 0 Å². The molecule has 0 unspecified atom stereocenters. The van der Waals surface area contributed by atoms with Crippen molar-refractivity contribution >= 4 is 0 Å². The minimum atomic E-state index is -0.316. The van der Waals surface area contributed by atoms with Gasteiger partial charge in [0.05, 0.1) is 25.9 Å². The zero-order valence-electron chi connectivity index (χ0n) is 11.8. The molecule has 19 heavy (non-hydrogen) atoms. The highest BCUT2D eigenvalue weighted by atomic mass is 16.5. The number of aliphatic hydroxyl groups is 1. The average Bonchev–Trinajstić information content (AvgIpc) is 2.44. The van der Waals surface area contributed by atoms with Crippen LogP contribution in [-0.2, 0) is 11.3 Å². The van der Waals surface area contributed by atoms with Gasteiger partial charge in [-0.25, -0.2) is 0 Å². The van der Waals surface area contributed by atoms with Crippen molar-refractivity contribution < 1.29 is 14.6 Å². The second-order valence-electron chi connectivity index (χ2n) is 4.61. The molecule has 0 amide bonds. The van der Waals surface area contributed by atoms with E-state index in [9.17, 15) is 5.11 Å². The molecule has 106 valence electrons. The smallest absolute Gasteiger partial charge is 0.118 e. The Kier molecular flexibility index (Phi) is 7.23. The third-order valence-corrected chi connectivity index (χ3v) is 3.01. The first-order valence-electron chi connectivity index (χ1n) is 6.74. The van der Waals surface area contributed by atoms with Crippen LogP contribution >= 0.6 is 0 Å². The van der Waals surface area contributed by atoms with E-state index in [0.717, 1.165) is 24.2 Å². The maximum absolute atomic E-state index is 9.77. The van der Waals surface area contributed by atoms with Gasteiger partial charge < -0.3 is 14.6 Å². The highest BCUT2D eigenvalue weighted by Crippen LogP contribution is 2.15. The first-order valence-corrected chi connectivity index (χ1v) is 6.74. The molecular formula is C16H24O3. The SMILES string of the molecule is C=C[C@@H](C[C@@H](O)CCC)OCc1ccc(OC)cc1.